The van der Waals surface area contributed by atoms with E-state index >= 15 is 0 Å². The summed E-state index contributed by atoms with van der Waals surface area (Å²) >= 11 is 0. The SMILES string of the molecule is O=C1CC(N2CCc3ccccc3C2)C(=O)N1c1cccc(O)c1. The third-order valence-corrected chi connectivity index (χ3v) is 4.81. The number of hydrogen-bond donors (Lipinski definition) is 1. The van der Waals surface area contributed by atoms with Crippen molar-refractivity contribution in [3.63, 3.8) is 0 Å². The maximum absolute atomic E-state index is 12.8. The van der Waals surface area contributed by atoms with E-state index in [4.69, 9.17) is 0 Å². The fourth-order valence-corrected chi connectivity index (χ4v) is 3.59. The van der Waals surface area contributed by atoms with Crippen LogP contribution in [-0.4, -0.2) is 34.4 Å². The summed E-state index contributed by atoms with van der Waals surface area (Å²) in [5.74, 6) is -0.372. The van der Waals surface area contributed by atoms with Crippen LogP contribution in [0.5, 0.6) is 5.75 Å². The minimum absolute atomic E-state index is 0.0449. The number of nitrogens with zero attached hydrogens (tertiary/aromatic N) is 2. The van der Waals surface area contributed by atoms with E-state index < -0.39 is 6.04 Å². The number of phenols is 1. The Morgan fingerprint density at radius 3 is 2.58 bits per heavy atom. The number of carbonyl (C=O) groups is 2. The summed E-state index contributed by atoms with van der Waals surface area (Å²) in [5, 5.41) is 9.61. The zero-order valence-electron chi connectivity index (χ0n) is 13.2. The molecular formula is C19H18N2O3. The quantitative estimate of drug-likeness (QED) is 0.860. The summed E-state index contributed by atoms with van der Waals surface area (Å²) in [4.78, 5) is 28.5. The maximum Gasteiger partial charge on any atom is 0.251 e. The molecule has 2 aliphatic rings. The number of phenolic OH excluding ortho intramolecular Hbond substituents is 1. The largest absolute Gasteiger partial charge is 0.508 e. The van der Waals surface area contributed by atoms with Gasteiger partial charge < -0.3 is 5.11 Å². The van der Waals surface area contributed by atoms with Crippen LogP contribution in [0.3, 0.4) is 0 Å². The second-order valence-corrected chi connectivity index (χ2v) is 6.30. The van der Waals surface area contributed by atoms with Crippen LogP contribution in [0.1, 0.15) is 17.5 Å². The predicted octanol–water partition coefficient (Wildman–Crippen LogP) is 2.08. The highest BCUT2D eigenvalue weighted by Crippen LogP contribution is 2.30. The minimum Gasteiger partial charge on any atom is -0.508 e. The third kappa shape index (κ3) is 2.47. The van der Waals surface area contributed by atoms with Gasteiger partial charge in [0.2, 0.25) is 5.91 Å². The van der Waals surface area contributed by atoms with Gasteiger partial charge in [-0.3, -0.25) is 14.5 Å². The van der Waals surface area contributed by atoms with Crippen LogP contribution >= 0.6 is 0 Å². The van der Waals surface area contributed by atoms with Crippen LogP contribution in [-0.2, 0) is 22.6 Å². The Bertz CT molecular complexity index is 818. The molecule has 0 saturated carbocycles. The molecule has 2 aromatic rings. The van der Waals surface area contributed by atoms with Crippen molar-refractivity contribution < 1.29 is 14.7 Å². The first kappa shape index (κ1) is 14.9. The molecule has 1 fully saturated rings. The predicted molar refractivity (Wildman–Crippen MR) is 89.6 cm³/mol. The first-order chi connectivity index (χ1) is 11.6. The fraction of sp³-hybridized carbons (Fsp3) is 0.263. The molecule has 5 nitrogen and oxygen atoms in total. The Hall–Kier alpha value is -2.66. The van der Waals surface area contributed by atoms with E-state index in [1.165, 1.54) is 28.2 Å². The summed E-state index contributed by atoms with van der Waals surface area (Å²) in [5.41, 5.74) is 2.97. The number of rotatable bonds is 2. The van der Waals surface area contributed by atoms with Crippen LogP contribution in [0.2, 0.25) is 0 Å². The van der Waals surface area contributed by atoms with E-state index in [2.05, 4.69) is 17.0 Å². The van der Waals surface area contributed by atoms with Gasteiger partial charge in [0.25, 0.3) is 5.91 Å². The molecule has 0 radical (unpaired) electrons. The molecule has 4 rings (SSSR count). The molecule has 122 valence electrons. The molecule has 24 heavy (non-hydrogen) atoms. The number of aromatic hydroxyl groups is 1. The van der Waals surface area contributed by atoms with Gasteiger partial charge in [0.1, 0.15) is 5.75 Å². The van der Waals surface area contributed by atoms with Crippen molar-refractivity contribution in [2.75, 3.05) is 11.4 Å². The molecule has 1 unspecified atom stereocenters. The highest BCUT2D eigenvalue weighted by molar-refractivity contribution is 6.22. The van der Waals surface area contributed by atoms with Crippen LogP contribution in [0.4, 0.5) is 5.69 Å². The van der Waals surface area contributed by atoms with Crippen molar-refractivity contribution in [2.45, 2.75) is 25.4 Å². The molecular weight excluding hydrogens is 304 g/mol. The van der Waals surface area contributed by atoms with Crippen LogP contribution in [0.15, 0.2) is 48.5 Å². The van der Waals surface area contributed by atoms with Crippen molar-refractivity contribution in [3.05, 3.63) is 59.7 Å². The lowest BCUT2D eigenvalue weighted by atomic mass is 9.98. The van der Waals surface area contributed by atoms with Crippen molar-refractivity contribution in [1.29, 1.82) is 0 Å². The number of carbonyl (C=O) groups excluding carboxylic acids is 2. The van der Waals surface area contributed by atoms with Gasteiger partial charge in [-0.1, -0.05) is 30.3 Å². The van der Waals surface area contributed by atoms with Crippen LogP contribution < -0.4 is 4.90 Å². The van der Waals surface area contributed by atoms with Gasteiger partial charge in [-0.15, -0.1) is 0 Å². The molecule has 0 spiro atoms. The van der Waals surface area contributed by atoms with E-state index in [-0.39, 0.29) is 24.0 Å². The highest BCUT2D eigenvalue weighted by atomic mass is 16.3. The topological polar surface area (TPSA) is 60.9 Å². The van der Waals surface area contributed by atoms with E-state index in [0.29, 0.717) is 12.2 Å². The standard InChI is InChI=1S/C19H18N2O3/c22-16-7-3-6-15(10-16)21-18(23)11-17(19(21)24)20-9-8-13-4-1-2-5-14(13)12-20/h1-7,10,17,22H,8-9,11-12H2. The highest BCUT2D eigenvalue weighted by Gasteiger charge is 2.43. The zero-order valence-corrected chi connectivity index (χ0v) is 13.2. The van der Waals surface area contributed by atoms with E-state index in [9.17, 15) is 14.7 Å². The molecule has 2 heterocycles. The summed E-state index contributed by atoms with van der Waals surface area (Å²) in [6, 6.07) is 14.1. The molecule has 1 N–H and O–H groups in total. The lowest BCUT2D eigenvalue weighted by Gasteiger charge is -2.32. The fourth-order valence-electron chi connectivity index (χ4n) is 3.59. The van der Waals surface area contributed by atoms with Crippen molar-refractivity contribution in [1.82, 2.24) is 4.90 Å². The average Bonchev–Trinajstić information content (AvgIpc) is 2.89. The molecule has 0 aromatic heterocycles. The molecule has 1 saturated heterocycles. The van der Waals surface area contributed by atoms with Gasteiger partial charge in [0.05, 0.1) is 18.2 Å². The van der Waals surface area contributed by atoms with Crippen molar-refractivity contribution >= 4 is 17.5 Å². The smallest absolute Gasteiger partial charge is 0.251 e. The lowest BCUT2D eigenvalue weighted by molar-refractivity contribution is -0.123. The molecule has 2 aliphatic heterocycles. The maximum atomic E-state index is 12.8. The first-order valence-electron chi connectivity index (χ1n) is 8.10. The number of fused-ring (bicyclic) bond motifs is 1. The normalized spacial score (nSPS) is 21.2. The molecule has 2 amide bonds. The second kappa shape index (κ2) is 5.76. The Labute approximate surface area is 140 Å². The number of imide groups is 1. The summed E-state index contributed by atoms with van der Waals surface area (Å²) < 4.78 is 0. The molecule has 1 atom stereocenters. The van der Waals surface area contributed by atoms with Gasteiger partial charge >= 0.3 is 0 Å². The van der Waals surface area contributed by atoms with Gasteiger partial charge in [-0.2, -0.15) is 0 Å². The Kier molecular flexibility index (Phi) is 3.58. The lowest BCUT2D eigenvalue weighted by Crippen LogP contribution is -2.44. The van der Waals surface area contributed by atoms with E-state index in [1.54, 1.807) is 12.1 Å². The number of hydrogen-bond acceptors (Lipinski definition) is 4. The van der Waals surface area contributed by atoms with Crippen molar-refractivity contribution in [3.8, 4) is 5.75 Å². The molecule has 2 aromatic carbocycles. The van der Waals surface area contributed by atoms with Gasteiger partial charge in [0, 0.05) is 19.2 Å². The van der Waals surface area contributed by atoms with E-state index in [0.717, 1.165) is 13.0 Å². The Balaban J connectivity index is 1.58. The third-order valence-electron chi connectivity index (χ3n) is 4.81. The van der Waals surface area contributed by atoms with Gasteiger partial charge in [0.15, 0.2) is 0 Å². The first-order valence-corrected chi connectivity index (χ1v) is 8.10. The van der Waals surface area contributed by atoms with Crippen molar-refractivity contribution in [2.24, 2.45) is 0 Å². The summed E-state index contributed by atoms with van der Waals surface area (Å²) in [6.45, 7) is 1.46. The van der Waals surface area contributed by atoms with Crippen LogP contribution in [0, 0.1) is 0 Å². The number of amides is 2. The molecule has 5 heteroatoms. The Morgan fingerprint density at radius 1 is 1.00 bits per heavy atom. The zero-order chi connectivity index (χ0) is 16.7. The van der Waals surface area contributed by atoms with E-state index in [1.807, 2.05) is 12.1 Å². The monoisotopic (exact) mass is 322 g/mol. The minimum atomic E-state index is -0.423. The molecule has 0 aliphatic carbocycles. The molecule has 0 bridgehead atoms. The summed E-state index contributed by atoms with van der Waals surface area (Å²) in [7, 11) is 0. The van der Waals surface area contributed by atoms with Gasteiger partial charge in [-0.05, 0) is 29.7 Å². The van der Waals surface area contributed by atoms with Gasteiger partial charge in [-0.25, -0.2) is 4.90 Å². The van der Waals surface area contributed by atoms with Crippen LogP contribution in [0.25, 0.3) is 0 Å². The average molecular weight is 322 g/mol. The second-order valence-electron chi connectivity index (χ2n) is 6.30. The number of benzene rings is 2. The number of anilines is 1. The summed E-state index contributed by atoms with van der Waals surface area (Å²) in [6.07, 6.45) is 1.08. The Morgan fingerprint density at radius 2 is 1.79 bits per heavy atom.